The van der Waals surface area contributed by atoms with Gasteiger partial charge in [0.1, 0.15) is 5.60 Å². The Morgan fingerprint density at radius 3 is 2.61 bits per heavy atom. The van der Waals surface area contributed by atoms with Gasteiger partial charge in [0.15, 0.2) is 0 Å². The molecule has 0 radical (unpaired) electrons. The average molecular weight is 248 g/mol. The maximum atomic E-state index is 10.8. The summed E-state index contributed by atoms with van der Waals surface area (Å²) in [7, 11) is 0. The van der Waals surface area contributed by atoms with Gasteiger partial charge in [-0.15, -0.1) is 0 Å². The van der Waals surface area contributed by atoms with Crippen LogP contribution in [0.4, 0.5) is 0 Å². The molecule has 1 aliphatic rings. The first kappa shape index (κ1) is 13.5. The van der Waals surface area contributed by atoms with Crippen LogP contribution >= 0.6 is 0 Å². The Hall–Kier alpha value is -0.960. The second kappa shape index (κ2) is 4.96. The normalized spacial score (nSPS) is 29.9. The van der Waals surface area contributed by atoms with E-state index in [-0.39, 0.29) is 0 Å². The highest BCUT2D eigenvalue weighted by atomic mass is 16.3. The number of rotatable bonds is 1. The van der Waals surface area contributed by atoms with Crippen LogP contribution in [0.1, 0.15) is 58.6 Å². The molecule has 3 heteroatoms. The van der Waals surface area contributed by atoms with Crippen molar-refractivity contribution in [2.45, 2.75) is 58.5 Å². The molecule has 2 rings (SSSR count). The van der Waals surface area contributed by atoms with Gasteiger partial charge in [0.25, 0.3) is 0 Å². The van der Waals surface area contributed by atoms with Gasteiger partial charge in [0.05, 0.1) is 11.9 Å². The minimum Gasteiger partial charge on any atom is -0.383 e. The van der Waals surface area contributed by atoms with E-state index in [0.717, 1.165) is 31.4 Å². The Morgan fingerprint density at radius 1 is 1.22 bits per heavy atom. The molecule has 0 aromatic carbocycles. The SMILES string of the molecule is CC(C)(C)C1CCCC(O)(c2cnccn2)CC1. The minimum atomic E-state index is -0.770. The summed E-state index contributed by atoms with van der Waals surface area (Å²) in [6.45, 7) is 6.89. The zero-order chi connectivity index (χ0) is 13.2. The van der Waals surface area contributed by atoms with E-state index in [1.165, 1.54) is 6.42 Å². The molecule has 1 aliphatic carbocycles. The van der Waals surface area contributed by atoms with E-state index in [9.17, 15) is 5.11 Å². The molecule has 0 bridgehead atoms. The Morgan fingerprint density at radius 2 is 2.00 bits per heavy atom. The third kappa shape index (κ3) is 2.89. The predicted octanol–water partition coefficient (Wildman–Crippen LogP) is 3.29. The Kier molecular flexibility index (Phi) is 3.71. The molecule has 0 aliphatic heterocycles. The molecule has 18 heavy (non-hydrogen) atoms. The van der Waals surface area contributed by atoms with Crippen molar-refractivity contribution in [3.8, 4) is 0 Å². The van der Waals surface area contributed by atoms with E-state index in [1.54, 1.807) is 18.6 Å². The molecular formula is C15H24N2O. The molecule has 1 aromatic rings. The fraction of sp³-hybridized carbons (Fsp3) is 0.733. The van der Waals surface area contributed by atoms with Gasteiger partial charge in [-0.3, -0.25) is 9.97 Å². The highest BCUT2D eigenvalue weighted by Crippen LogP contribution is 2.42. The lowest BCUT2D eigenvalue weighted by Gasteiger charge is -2.30. The van der Waals surface area contributed by atoms with Crippen molar-refractivity contribution >= 4 is 0 Å². The summed E-state index contributed by atoms with van der Waals surface area (Å²) >= 11 is 0. The van der Waals surface area contributed by atoms with Crippen LogP contribution in [0.5, 0.6) is 0 Å². The summed E-state index contributed by atoms with van der Waals surface area (Å²) in [5, 5.41) is 10.8. The van der Waals surface area contributed by atoms with Crippen molar-refractivity contribution in [2.75, 3.05) is 0 Å². The first-order chi connectivity index (χ1) is 8.42. The third-order valence-corrected chi connectivity index (χ3v) is 4.31. The predicted molar refractivity (Wildman–Crippen MR) is 72.0 cm³/mol. The van der Waals surface area contributed by atoms with Crippen molar-refractivity contribution in [3.05, 3.63) is 24.3 Å². The van der Waals surface area contributed by atoms with Crippen LogP contribution in [0, 0.1) is 11.3 Å². The van der Waals surface area contributed by atoms with Gasteiger partial charge >= 0.3 is 0 Å². The van der Waals surface area contributed by atoms with Crippen LogP contribution in [-0.4, -0.2) is 15.1 Å². The maximum absolute atomic E-state index is 10.8. The molecule has 1 saturated carbocycles. The lowest BCUT2D eigenvalue weighted by Crippen LogP contribution is -2.27. The molecule has 2 unspecified atom stereocenters. The molecule has 1 heterocycles. The lowest BCUT2D eigenvalue weighted by molar-refractivity contribution is 0.0134. The number of aromatic nitrogens is 2. The van der Waals surface area contributed by atoms with Gasteiger partial charge in [-0.05, 0) is 43.4 Å². The van der Waals surface area contributed by atoms with Crippen molar-refractivity contribution < 1.29 is 5.11 Å². The summed E-state index contributed by atoms with van der Waals surface area (Å²) in [6, 6.07) is 0. The second-order valence-electron chi connectivity index (χ2n) is 6.62. The van der Waals surface area contributed by atoms with Crippen molar-refractivity contribution in [1.82, 2.24) is 9.97 Å². The third-order valence-electron chi connectivity index (χ3n) is 4.31. The lowest BCUT2D eigenvalue weighted by atomic mass is 9.76. The Balaban J connectivity index is 2.14. The Labute approximate surface area is 110 Å². The number of hydrogen-bond acceptors (Lipinski definition) is 3. The fourth-order valence-corrected chi connectivity index (χ4v) is 2.98. The van der Waals surface area contributed by atoms with Crippen molar-refractivity contribution in [3.63, 3.8) is 0 Å². The van der Waals surface area contributed by atoms with Crippen molar-refractivity contribution in [2.24, 2.45) is 11.3 Å². The summed E-state index contributed by atoms with van der Waals surface area (Å²) in [5.41, 5.74) is 0.293. The van der Waals surface area contributed by atoms with Gasteiger partial charge in [0, 0.05) is 12.4 Å². The zero-order valence-electron chi connectivity index (χ0n) is 11.7. The fourth-order valence-electron chi connectivity index (χ4n) is 2.98. The van der Waals surface area contributed by atoms with E-state index < -0.39 is 5.60 Å². The monoisotopic (exact) mass is 248 g/mol. The number of nitrogens with zero attached hydrogens (tertiary/aromatic N) is 2. The molecule has 0 spiro atoms. The van der Waals surface area contributed by atoms with E-state index in [2.05, 4.69) is 30.7 Å². The van der Waals surface area contributed by atoms with Crippen LogP contribution in [0.25, 0.3) is 0 Å². The molecule has 2 atom stereocenters. The average Bonchev–Trinajstić information content (AvgIpc) is 2.53. The minimum absolute atomic E-state index is 0.327. The highest BCUT2D eigenvalue weighted by Gasteiger charge is 2.36. The molecule has 1 aromatic heterocycles. The van der Waals surface area contributed by atoms with Crippen LogP contribution in [0.2, 0.25) is 0 Å². The van der Waals surface area contributed by atoms with Gasteiger partial charge in [-0.1, -0.05) is 20.8 Å². The molecule has 1 N–H and O–H groups in total. The van der Waals surface area contributed by atoms with Crippen LogP contribution < -0.4 is 0 Å². The number of hydrogen-bond donors (Lipinski definition) is 1. The number of aliphatic hydroxyl groups is 1. The summed E-state index contributed by atoms with van der Waals surface area (Å²) in [5.74, 6) is 0.684. The second-order valence-corrected chi connectivity index (χ2v) is 6.62. The summed E-state index contributed by atoms with van der Waals surface area (Å²) in [6.07, 6.45) is 9.96. The zero-order valence-corrected chi connectivity index (χ0v) is 11.7. The van der Waals surface area contributed by atoms with Crippen LogP contribution in [0.3, 0.4) is 0 Å². The van der Waals surface area contributed by atoms with Gasteiger partial charge < -0.3 is 5.11 Å². The van der Waals surface area contributed by atoms with E-state index >= 15 is 0 Å². The molecular weight excluding hydrogens is 224 g/mol. The summed E-state index contributed by atoms with van der Waals surface area (Å²) < 4.78 is 0. The topological polar surface area (TPSA) is 46.0 Å². The van der Waals surface area contributed by atoms with Crippen molar-refractivity contribution in [1.29, 1.82) is 0 Å². The first-order valence-electron chi connectivity index (χ1n) is 6.91. The smallest absolute Gasteiger partial charge is 0.108 e. The standard InChI is InChI=1S/C15H24N2O/c1-14(2,3)12-5-4-7-15(18,8-6-12)13-11-16-9-10-17-13/h9-12,18H,4-8H2,1-3H3. The molecule has 0 saturated heterocycles. The largest absolute Gasteiger partial charge is 0.383 e. The van der Waals surface area contributed by atoms with E-state index in [1.807, 2.05) is 0 Å². The van der Waals surface area contributed by atoms with Gasteiger partial charge in [-0.2, -0.15) is 0 Å². The van der Waals surface area contributed by atoms with Crippen LogP contribution in [-0.2, 0) is 5.60 Å². The Bertz CT molecular complexity index is 385. The van der Waals surface area contributed by atoms with Crippen LogP contribution in [0.15, 0.2) is 18.6 Å². The molecule has 100 valence electrons. The first-order valence-corrected chi connectivity index (χ1v) is 6.91. The molecule has 0 amide bonds. The highest BCUT2D eigenvalue weighted by molar-refractivity contribution is 5.08. The van der Waals surface area contributed by atoms with E-state index in [0.29, 0.717) is 11.3 Å². The summed E-state index contributed by atoms with van der Waals surface area (Å²) in [4.78, 5) is 8.37. The molecule has 1 fully saturated rings. The van der Waals surface area contributed by atoms with Gasteiger partial charge in [0.2, 0.25) is 0 Å². The quantitative estimate of drug-likeness (QED) is 0.776. The van der Waals surface area contributed by atoms with Gasteiger partial charge in [-0.25, -0.2) is 0 Å². The van der Waals surface area contributed by atoms with E-state index in [4.69, 9.17) is 0 Å². The maximum Gasteiger partial charge on any atom is 0.108 e. The molecule has 3 nitrogen and oxygen atoms in total.